The summed E-state index contributed by atoms with van der Waals surface area (Å²) in [5.74, 6) is -1.07. The largest absolute Gasteiger partial charge is 0.465 e. The van der Waals surface area contributed by atoms with Gasteiger partial charge in [-0.1, -0.05) is 12.1 Å². The first-order valence-corrected chi connectivity index (χ1v) is 9.79. The van der Waals surface area contributed by atoms with Crippen LogP contribution in [0.5, 0.6) is 0 Å². The Morgan fingerprint density at radius 1 is 1.14 bits per heavy atom. The standard InChI is InChI=1S/C21H18FNO4S/c1-26-21(25)18-13-7-3-5-9-17(13)28-20(18)23-19(24)16-11-10-15(27-16)12-6-2-4-8-14(12)22/h2,4,6,8,10-11H,3,5,7,9H2,1H3,(H,23,24). The molecule has 144 valence electrons. The van der Waals surface area contributed by atoms with Crippen molar-refractivity contribution < 1.29 is 23.1 Å². The lowest BCUT2D eigenvalue weighted by Gasteiger charge is -2.11. The van der Waals surface area contributed by atoms with Gasteiger partial charge in [0, 0.05) is 4.88 Å². The number of fused-ring (bicyclic) bond motifs is 1. The van der Waals surface area contributed by atoms with Crippen LogP contribution in [0.25, 0.3) is 11.3 Å². The van der Waals surface area contributed by atoms with E-state index in [-0.39, 0.29) is 17.1 Å². The highest BCUT2D eigenvalue weighted by molar-refractivity contribution is 7.17. The number of furan rings is 1. The summed E-state index contributed by atoms with van der Waals surface area (Å²) in [6.45, 7) is 0. The molecule has 4 rings (SSSR count). The Labute approximate surface area is 165 Å². The molecule has 3 aromatic rings. The molecule has 28 heavy (non-hydrogen) atoms. The lowest BCUT2D eigenvalue weighted by Crippen LogP contribution is -2.14. The van der Waals surface area contributed by atoms with E-state index in [2.05, 4.69) is 5.32 Å². The lowest BCUT2D eigenvalue weighted by atomic mass is 9.95. The van der Waals surface area contributed by atoms with Crippen LogP contribution in [0, 0.1) is 5.82 Å². The average molecular weight is 399 g/mol. The average Bonchev–Trinajstić information content (AvgIpc) is 3.32. The summed E-state index contributed by atoms with van der Waals surface area (Å²) in [4.78, 5) is 26.1. The first kappa shape index (κ1) is 18.4. The summed E-state index contributed by atoms with van der Waals surface area (Å²) in [5, 5.41) is 3.24. The lowest BCUT2D eigenvalue weighted by molar-refractivity contribution is 0.0601. The van der Waals surface area contributed by atoms with E-state index in [0.717, 1.165) is 36.1 Å². The van der Waals surface area contributed by atoms with E-state index >= 15 is 0 Å². The minimum atomic E-state index is -0.494. The zero-order valence-corrected chi connectivity index (χ0v) is 16.0. The molecular formula is C21H18FNO4S. The topological polar surface area (TPSA) is 68.5 Å². The van der Waals surface area contributed by atoms with Gasteiger partial charge < -0.3 is 14.5 Å². The molecule has 0 bridgehead atoms. The fraction of sp³-hybridized carbons (Fsp3) is 0.238. The van der Waals surface area contributed by atoms with Gasteiger partial charge in [0.25, 0.3) is 5.91 Å². The summed E-state index contributed by atoms with van der Waals surface area (Å²) in [6.07, 6.45) is 3.75. The number of hydrogen-bond donors (Lipinski definition) is 1. The maximum absolute atomic E-state index is 13.9. The molecule has 0 spiro atoms. The Kier molecular flexibility index (Phi) is 5.00. The third-order valence-electron chi connectivity index (χ3n) is 4.76. The summed E-state index contributed by atoms with van der Waals surface area (Å²) in [5.41, 5.74) is 1.67. The molecule has 0 fully saturated rings. The highest BCUT2D eigenvalue weighted by Crippen LogP contribution is 2.39. The SMILES string of the molecule is COC(=O)c1c(NC(=O)c2ccc(-c3ccccc3F)o2)sc2c1CCCC2. The summed E-state index contributed by atoms with van der Waals surface area (Å²) in [7, 11) is 1.33. The number of thiophene rings is 1. The van der Waals surface area contributed by atoms with Gasteiger partial charge >= 0.3 is 5.97 Å². The van der Waals surface area contributed by atoms with Gasteiger partial charge in [-0.15, -0.1) is 11.3 Å². The third kappa shape index (κ3) is 3.33. The van der Waals surface area contributed by atoms with Crippen molar-refractivity contribution in [1.82, 2.24) is 0 Å². The first-order chi connectivity index (χ1) is 13.6. The molecule has 7 heteroatoms. The Hall–Kier alpha value is -2.93. The molecule has 1 aromatic carbocycles. The fourth-order valence-corrected chi connectivity index (χ4v) is 4.67. The number of rotatable bonds is 4. The maximum Gasteiger partial charge on any atom is 0.341 e. The van der Waals surface area contributed by atoms with Crippen molar-refractivity contribution in [3.8, 4) is 11.3 Å². The predicted octanol–water partition coefficient (Wildman–Crippen LogP) is 5.06. The Balaban J connectivity index is 1.62. The number of carbonyl (C=O) groups is 2. The van der Waals surface area contributed by atoms with Gasteiger partial charge in [0.2, 0.25) is 0 Å². The number of carbonyl (C=O) groups excluding carboxylic acids is 2. The number of methoxy groups -OCH3 is 1. The van der Waals surface area contributed by atoms with E-state index in [4.69, 9.17) is 9.15 Å². The van der Waals surface area contributed by atoms with Crippen molar-refractivity contribution in [1.29, 1.82) is 0 Å². The molecular weight excluding hydrogens is 381 g/mol. The second-order valence-corrected chi connectivity index (χ2v) is 7.61. The van der Waals surface area contributed by atoms with Gasteiger partial charge in [0.15, 0.2) is 5.76 Å². The van der Waals surface area contributed by atoms with Crippen LogP contribution in [0.4, 0.5) is 9.39 Å². The molecule has 1 N–H and O–H groups in total. The molecule has 0 unspecified atom stereocenters. The number of benzene rings is 1. The zero-order valence-electron chi connectivity index (χ0n) is 15.2. The third-order valence-corrected chi connectivity index (χ3v) is 5.96. The van der Waals surface area contributed by atoms with Crippen LogP contribution in [0.2, 0.25) is 0 Å². The summed E-state index contributed by atoms with van der Waals surface area (Å²) >= 11 is 1.40. The molecule has 0 saturated carbocycles. The number of amides is 1. The van der Waals surface area contributed by atoms with Crippen molar-refractivity contribution in [3.63, 3.8) is 0 Å². The monoisotopic (exact) mass is 399 g/mol. The van der Waals surface area contributed by atoms with Crippen LogP contribution in [-0.2, 0) is 17.6 Å². The van der Waals surface area contributed by atoms with E-state index in [0.29, 0.717) is 10.6 Å². The van der Waals surface area contributed by atoms with Crippen LogP contribution in [0.1, 0.15) is 44.2 Å². The number of ether oxygens (including phenoxy) is 1. The zero-order chi connectivity index (χ0) is 19.7. The molecule has 2 aromatic heterocycles. The van der Waals surface area contributed by atoms with E-state index in [9.17, 15) is 14.0 Å². The molecule has 0 radical (unpaired) electrons. The molecule has 0 saturated heterocycles. The molecule has 5 nitrogen and oxygen atoms in total. The van der Waals surface area contributed by atoms with Gasteiger partial charge in [-0.3, -0.25) is 4.79 Å². The summed E-state index contributed by atoms with van der Waals surface area (Å²) < 4.78 is 24.4. The first-order valence-electron chi connectivity index (χ1n) is 8.97. The van der Waals surface area contributed by atoms with Crippen LogP contribution >= 0.6 is 11.3 Å². The van der Waals surface area contributed by atoms with Crippen molar-refractivity contribution >= 4 is 28.2 Å². The second kappa shape index (κ2) is 7.59. The normalized spacial score (nSPS) is 13.1. The van der Waals surface area contributed by atoms with Crippen molar-refractivity contribution in [2.75, 3.05) is 12.4 Å². The van der Waals surface area contributed by atoms with E-state index < -0.39 is 17.7 Å². The Bertz CT molecular complexity index is 1050. The number of aryl methyl sites for hydroxylation is 1. The number of halogens is 1. The van der Waals surface area contributed by atoms with Crippen molar-refractivity contribution in [2.24, 2.45) is 0 Å². The molecule has 1 aliphatic rings. The van der Waals surface area contributed by atoms with E-state index in [1.807, 2.05) is 0 Å². The smallest absolute Gasteiger partial charge is 0.341 e. The quantitative estimate of drug-likeness (QED) is 0.622. The number of nitrogens with one attached hydrogen (secondary N) is 1. The fourth-order valence-electron chi connectivity index (χ4n) is 3.40. The molecule has 0 aliphatic heterocycles. The second-order valence-electron chi connectivity index (χ2n) is 6.50. The van der Waals surface area contributed by atoms with Gasteiger partial charge in [-0.25, -0.2) is 9.18 Å². The van der Waals surface area contributed by atoms with Gasteiger partial charge in [0.05, 0.1) is 18.2 Å². The van der Waals surface area contributed by atoms with Gasteiger partial charge in [-0.2, -0.15) is 0 Å². The number of esters is 1. The highest BCUT2D eigenvalue weighted by Gasteiger charge is 2.27. The van der Waals surface area contributed by atoms with Gasteiger partial charge in [0.1, 0.15) is 16.6 Å². The van der Waals surface area contributed by atoms with E-state index in [1.54, 1.807) is 24.3 Å². The Morgan fingerprint density at radius 2 is 1.93 bits per heavy atom. The van der Waals surface area contributed by atoms with Crippen LogP contribution in [-0.4, -0.2) is 19.0 Å². The van der Waals surface area contributed by atoms with E-state index in [1.165, 1.54) is 30.6 Å². The van der Waals surface area contributed by atoms with Gasteiger partial charge in [-0.05, 0) is 55.5 Å². The van der Waals surface area contributed by atoms with Crippen LogP contribution < -0.4 is 5.32 Å². The van der Waals surface area contributed by atoms with Crippen LogP contribution in [0.3, 0.4) is 0 Å². The van der Waals surface area contributed by atoms with Crippen molar-refractivity contribution in [2.45, 2.75) is 25.7 Å². The molecule has 1 aliphatic carbocycles. The molecule has 2 heterocycles. The Morgan fingerprint density at radius 3 is 2.71 bits per heavy atom. The highest BCUT2D eigenvalue weighted by atomic mass is 32.1. The number of anilines is 1. The predicted molar refractivity (Wildman–Crippen MR) is 104 cm³/mol. The molecule has 0 atom stereocenters. The van der Waals surface area contributed by atoms with Crippen LogP contribution in [0.15, 0.2) is 40.8 Å². The summed E-state index contributed by atoms with van der Waals surface area (Å²) in [6, 6.07) is 9.23. The maximum atomic E-state index is 13.9. The molecule has 1 amide bonds. The number of hydrogen-bond acceptors (Lipinski definition) is 5. The van der Waals surface area contributed by atoms with Crippen molar-refractivity contribution in [3.05, 3.63) is 64.0 Å². The minimum absolute atomic E-state index is 0.0421. The minimum Gasteiger partial charge on any atom is -0.465 e.